The molecule has 0 aromatic carbocycles. The molecule has 1 unspecified atom stereocenters. The van der Waals surface area contributed by atoms with Crippen molar-refractivity contribution in [3.05, 3.63) is 21.9 Å². The zero-order valence-electron chi connectivity index (χ0n) is 11.6. The third-order valence-corrected chi connectivity index (χ3v) is 5.03. The first-order chi connectivity index (χ1) is 8.00. The van der Waals surface area contributed by atoms with Gasteiger partial charge in [-0.2, -0.15) is 0 Å². The van der Waals surface area contributed by atoms with Crippen LogP contribution in [0.5, 0.6) is 0 Å². The van der Waals surface area contributed by atoms with Crippen molar-refractivity contribution in [2.24, 2.45) is 5.73 Å². The third kappa shape index (κ3) is 3.70. The predicted octanol–water partition coefficient (Wildman–Crippen LogP) is 3.39. The molecule has 1 saturated heterocycles. The van der Waals surface area contributed by atoms with E-state index < -0.39 is 0 Å². The van der Waals surface area contributed by atoms with Crippen molar-refractivity contribution in [2.75, 3.05) is 13.1 Å². The predicted molar refractivity (Wildman–Crippen MR) is 82.8 cm³/mol. The first-order valence-electron chi connectivity index (χ1n) is 6.54. The van der Waals surface area contributed by atoms with E-state index in [4.69, 9.17) is 5.73 Å². The van der Waals surface area contributed by atoms with Gasteiger partial charge < -0.3 is 5.73 Å². The minimum Gasteiger partial charge on any atom is -0.329 e. The second kappa shape index (κ2) is 6.38. The van der Waals surface area contributed by atoms with Crippen LogP contribution in [0.4, 0.5) is 0 Å². The zero-order valence-corrected chi connectivity index (χ0v) is 13.2. The number of halogens is 1. The van der Waals surface area contributed by atoms with Gasteiger partial charge in [-0.15, -0.1) is 23.7 Å². The standard InChI is InChI=1S/C14H24N2S.ClH/c1-14(2,3)13-7-6-12(17-13)10-16-8-4-5-11(16)9-15;/h6-7,11H,4-5,8-10,15H2,1-3H3;1H. The Morgan fingerprint density at radius 1 is 1.39 bits per heavy atom. The molecule has 0 saturated carbocycles. The lowest BCUT2D eigenvalue weighted by molar-refractivity contribution is 0.252. The van der Waals surface area contributed by atoms with Crippen LogP contribution in [0.25, 0.3) is 0 Å². The fraction of sp³-hybridized carbons (Fsp3) is 0.714. The van der Waals surface area contributed by atoms with E-state index in [9.17, 15) is 0 Å². The van der Waals surface area contributed by atoms with Gasteiger partial charge in [-0.3, -0.25) is 4.90 Å². The van der Waals surface area contributed by atoms with Gasteiger partial charge in [0, 0.05) is 28.9 Å². The molecule has 2 heterocycles. The maximum Gasteiger partial charge on any atom is 0.0331 e. The average molecular weight is 289 g/mol. The molecular weight excluding hydrogens is 264 g/mol. The van der Waals surface area contributed by atoms with Crippen LogP contribution in [0.3, 0.4) is 0 Å². The number of hydrogen-bond acceptors (Lipinski definition) is 3. The van der Waals surface area contributed by atoms with Crippen LogP contribution in [-0.2, 0) is 12.0 Å². The molecule has 2 N–H and O–H groups in total. The van der Waals surface area contributed by atoms with Crippen molar-refractivity contribution in [1.82, 2.24) is 4.90 Å². The molecule has 104 valence electrons. The zero-order chi connectivity index (χ0) is 12.5. The summed E-state index contributed by atoms with van der Waals surface area (Å²) in [5.41, 5.74) is 6.09. The third-order valence-electron chi connectivity index (χ3n) is 3.53. The smallest absolute Gasteiger partial charge is 0.0331 e. The lowest BCUT2D eigenvalue weighted by Gasteiger charge is -2.22. The average Bonchev–Trinajstić information content (AvgIpc) is 2.86. The minimum atomic E-state index is 0. The first-order valence-corrected chi connectivity index (χ1v) is 7.35. The number of nitrogens with zero attached hydrogens (tertiary/aromatic N) is 1. The monoisotopic (exact) mass is 288 g/mol. The van der Waals surface area contributed by atoms with E-state index in [1.54, 1.807) is 0 Å². The maximum absolute atomic E-state index is 5.81. The van der Waals surface area contributed by atoms with Gasteiger partial charge in [0.1, 0.15) is 0 Å². The Bertz CT molecular complexity index is 370. The van der Waals surface area contributed by atoms with Gasteiger partial charge in [0.25, 0.3) is 0 Å². The number of likely N-dealkylation sites (tertiary alicyclic amines) is 1. The summed E-state index contributed by atoms with van der Waals surface area (Å²) in [6, 6.07) is 5.18. The van der Waals surface area contributed by atoms with E-state index in [2.05, 4.69) is 37.8 Å². The first kappa shape index (κ1) is 16.0. The van der Waals surface area contributed by atoms with Crippen LogP contribution < -0.4 is 5.73 Å². The van der Waals surface area contributed by atoms with Crippen molar-refractivity contribution in [2.45, 2.75) is 51.6 Å². The van der Waals surface area contributed by atoms with Gasteiger partial charge in [0.05, 0.1) is 0 Å². The summed E-state index contributed by atoms with van der Waals surface area (Å²) in [6.45, 7) is 9.94. The summed E-state index contributed by atoms with van der Waals surface area (Å²) in [5, 5.41) is 0. The highest BCUT2D eigenvalue weighted by Crippen LogP contribution is 2.31. The van der Waals surface area contributed by atoms with Gasteiger partial charge in [0.2, 0.25) is 0 Å². The second-order valence-electron chi connectivity index (χ2n) is 6.02. The highest BCUT2D eigenvalue weighted by atomic mass is 35.5. The molecule has 0 radical (unpaired) electrons. The lowest BCUT2D eigenvalue weighted by Crippen LogP contribution is -2.34. The molecule has 2 rings (SSSR count). The number of hydrogen-bond donors (Lipinski definition) is 1. The number of rotatable bonds is 3. The Morgan fingerprint density at radius 3 is 2.67 bits per heavy atom. The number of thiophene rings is 1. The normalized spacial score (nSPS) is 21.0. The highest BCUT2D eigenvalue weighted by molar-refractivity contribution is 7.12. The van der Waals surface area contributed by atoms with E-state index in [0.717, 1.165) is 13.1 Å². The molecule has 0 amide bonds. The van der Waals surface area contributed by atoms with Crippen molar-refractivity contribution < 1.29 is 0 Å². The highest BCUT2D eigenvalue weighted by Gasteiger charge is 2.24. The van der Waals surface area contributed by atoms with E-state index in [-0.39, 0.29) is 17.8 Å². The molecule has 4 heteroatoms. The van der Waals surface area contributed by atoms with E-state index in [1.807, 2.05) is 11.3 Å². The van der Waals surface area contributed by atoms with E-state index >= 15 is 0 Å². The summed E-state index contributed by atoms with van der Waals surface area (Å²) in [5.74, 6) is 0. The van der Waals surface area contributed by atoms with Crippen LogP contribution in [0.15, 0.2) is 12.1 Å². The topological polar surface area (TPSA) is 29.3 Å². The van der Waals surface area contributed by atoms with E-state index in [0.29, 0.717) is 6.04 Å². The van der Waals surface area contributed by atoms with Crippen molar-refractivity contribution >= 4 is 23.7 Å². The second-order valence-corrected chi connectivity index (χ2v) is 7.19. The van der Waals surface area contributed by atoms with Crippen LogP contribution in [0.1, 0.15) is 43.4 Å². The Balaban J connectivity index is 0.00000162. The molecule has 0 bridgehead atoms. The van der Waals surface area contributed by atoms with Crippen LogP contribution in [-0.4, -0.2) is 24.0 Å². The molecule has 1 fully saturated rings. The molecule has 1 aliphatic heterocycles. The van der Waals surface area contributed by atoms with Crippen molar-refractivity contribution in [1.29, 1.82) is 0 Å². The summed E-state index contributed by atoms with van der Waals surface area (Å²) >= 11 is 1.96. The fourth-order valence-corrected chi connectivity index (χ4v) is 3.53. The van der Waals surface area contributed by atoms with Gasteiger partial charge >= 0.3 is 0 Å². The van der Waals surface area contributed by atoms with E-state index in [1.165, 1.54) is 29.1 Å². The van der Waals surface area contributed by atoms with Crippen LogP contribution in [0.2, 0.25) is 0 Å². The van der Waals surface area contributed by atoms with Gasteiger partial charge in [-0.25, -0.2) is 0 Å². The molecule has 0 spiro atoms. The Hall–Kier alpha value is -0.0900. The molecule has 0 aliphatic carbocycles. The summed E-state index contributed by atoms with van der Waals surface area (Å²) < 4.78 is 0. The Labute approximate surface area is 121 Å². The van der Waals surface area contributed by atoms with Gasteiger partial charge in [-0.1, -0.05) is 20.8 Å². The molecule has 18 heavy (non-hydrogen) atoms. The van der Waals surface area contributed by atoms with Crippen molar-refractivity contribution in [3.8, 4) is 0 Å². The van der Waals surface area contributed by atoms with Gasteiger partial charge in [-0.05, 0) is 36.9 Å². The molecule has 1 aromatic heterocycles. The van der Waals surface area contributed by atoms with Crippen LogP contribution >= 0.6 is 23.7 Å². The lowest BCUT2D eigenvalue weighted by atomic mass is 9.95. The molecule has 1 aliphatic rings. The maximum atomic E-state index is 5.81. The van der Waals surface area contributed by atoms with Crippen LogP contribution in [0, 0.1) is 0 Å². The summed E-state index contributed by atoms with van der Waals surface area (Å²) in [6.07, 6.45) is 2.58. The fourth-order valence-electron chi connectivity index (χ4n) is 2.44. The quantitative estimate of drug-likeness (QED) is 0.924. The largest absolute Gasteiger partial charge is 0.329 e. The SMILES string of the molecule is CC(C)(C)c1ccc(CN2CCCC2CN)s1.Cl. The Morgan fingerprint density at radius 2 is 2.11 bits per heavy atom. The summed E-state index contributed by atoms with van der Waals surface area (Å²) in [7, 11) is 0. The molecule has 1 aromatic rings. The van der Waals surface area contributed by atoms with Gasteiger partial charge in [0.15, 0.2) is 0 Å². The molecule has 2 nitrogen and oxygen atoms in total. The Kier molecular flexibility index (Phi) is 5.66. The summed E-state index contributed by atoms with van der Waals surface area (Å²) in [4.78, 5) is 5.50. The van der Waals surface area contributed by atoms with Crippen molar-refractivity contribution in [3.63, 3.8) is 0 Å². The molecular formula is C14H25ClN2S. The molecule has 1 atom stereocenters. The number of nitrogens with two attached hydrogens (primary N) is 1. The minimum absolute atomic E-state index is 0.